The summed E-state index contributed by atoms with van der Waals surface area (Å²) in [5.74, 6) is -5.22. The van der Waals surface area contributed by atoms with Crippen LogP contribution in [0.15, 0.2) is 58.3 Å². The quantitative estimate of drug-likeness (QED) is 0.423. The highest BCUT2D eigenvalue weighted by Gasteiger charge is 2.16. The van der Waals surface area contributed by atoms with Crippen molar-refractivity contribution in [2.75, 3.05) is 16.8 Å². The summed E-state index contributed by atoms with van der Waals surface area (Å²) in [6, 6.07) is 11.7. The van der Waals surface area contributed by atoms with Gasteiger partial charge in [0.25, 0.3) is 0 Å². The molecular formula is C25H31NO9S2-2. The van der Waals surface area contributed by atoms with Gasteiger partial charge in [-0.15, -0.1) is 0 Å². The summed E-state index contributed by atoms with van der Waals surface area (Å²) >= 11 is 0. The molecule has 2 aromatic rings. The first kappa shape index (κ1) is 31.8. The average molecular weight is 554 g/mol. The van der Waals surface area contributed by atoms with Crippen molar-refractivity contribution in [1.29, 1.82) is 0 Å². The van der Waals surface area contributed by atoms with Gasteiger partial charge in [0.15, 0.2) is 19.7 Å². The topological polar surface area (TPSA) is 178 Å². The summed E-state index contributed by atoms with van der Waals surface area (Å²) in [6.45, 7) is 7.77. The molecule has 0 aliphatic rings. The van der Waals surface area contributed by atoms with Crippen molar-refractivity contribution in [3.05, 3.63) is 54.1 Å². The smallest absolute Gasteiger partial charge is 0.227 e. The van der Waals surface area contributed by atoms with E-state index in [-0.39, 0.29) is 21.6 Å². The Morgan fingerprint density at radius 3 is 1.49 bits per heavy atom. The van der Waals surface area contributed by atoms with Crippen LogP contribution in [0.5, 0.6) is 0 Å². The van der Waals surface area contributed by atoms with Gasteiger partial charge < -0.3 is 25.1 Å². The SMILES string of the molecule is CCC(C)C(=O)Nc1ccc(S(=O)(=O)CC(=O)[O-])cc1.CCC(C)c1ccc(S(=O)(=O)CC(=O)[O-])cc1. The number of rotatable bonds is 11. The Labute approximate surface area is 217 Å². The highest BCUT2D eigenvalue weighted by Crippen LogP contribution is 2.21. The number of aliphatic carboxylic acids is 2. The second-order valence-corrected chi connectivity index (χ2v) is 12.4. The third-order valence-corrected chi connectivity index (χ3v) is 8.79. The van der Waals surface area contributed by atoms with Crippen LogP contribution in [0.3, 0.4) is 0 Å². The fourth-order valence-electron chi connectivity index (χ4n) is 2.91. The molecule has 2 unspecified atom stereocenters. The van der Waals surface area contributed by atoms with Gasteiger partial charge in [-0.25, -0.2) is 16.8 Å². The van der Waals surface area contributed by atoms with Gasteiger partial charge in [-0.05, 0) is 60.7 Å². The molecular weight excluding hydrogens is 522 g/mol. The van der Waals surface area contributed by atoms with Crippen LogP contribution in [0.1, 0.15) is 52.0 Å². The summed E-state index contributed by atoms with van der Waals surface area (Å²) < 4.78 is 46.4. The Morgan fingerprint density at radius 1 is 0.730 bits per heavy atom. The largest absolute Gasteiger partial charge is 0.549 e. The summed E-state index contributed by atoms with van der Waals surface area (Å²) in [7, 11) is -7.67. The highest BCUT2D eigenvalue weighted by atomic mass is 32.2. The minimum absolute atomic E-state index is 0.0220. The minimum Gasteiger partial charge on any atom is -0.549 e. The molecule has 0 heterocycles. The normalized spacial score (nSPS) is 13.0. The molecule has 0 radical (unpaired) electrons. The summed E-state index contributed by atoms with van der Waals surface area (Å²) in [5.41, 5.74) is 1.50. The molecule has 1 N–H and O–H groups in total. The van der Waals surface area contributed by atoms with E-state index in [1.165, 1.54) is 36.4 Å². The number of benzene rings is 2. The zero-order chi connectivity index (χ0) is 28.4. The molecule has 0 spiro atoms. The van der Waals surface area contributed by atoms with Gasteiger partial charge in [0.2, 0.25) is 5.91 Å². The molecule has 0 fully saturated rings. The number of carboxylic acid groups (broad SMARTS) is 2. The van der Waals surface area contributed by atoms with E-state index in [0.29, 0.717) is 18.0 Å². The number of hydrogen-bond acceptors (Lipinski definition) is 9. The Hall–Kier alpha value is -3.25. The first-order valence-corrected chi connectivity index (χ1v) is 14.8. The van der Waals surface area contributed by atoms with E-state index in [1.54, 1.807) is 19.1 Å². The Balaban J connectivity index is 0.000000375. The number of carbonyl (C=O) groups excluding carboxylic acids is 3. The van der Waals surface area contributed by atoms with E-state index in [4.69, 9.17) is 0 Å². The van der Waals surface area contributed by atoms with Gasteiger partial charge in [0, 0.05) is 11.6 Å². The number of hydrogen-bond donors (Lipinski definition) is 1. The van der Waals surface area contributed by atoms with Gasteiger partial charge in [0.1, 0.15) is 0 Å². The second-order valence-electron chi connectivity index (χ2n) is 8.46. The van der Waals surface area contributed by atoms with Crippen LogP contribution in [0, 0.1) is 5.92 Å². The lowest BCUT2D eigenvalue weighted by atomic mass is 9.99. The maximum atomic E-state index is 11.7. The molecule has 2 rings (SSSR count). The molecule has 2 aromatic carbocycles. The molecule has 12 heteroatoms. The average Bonchev–Trinajstić information content (AvgIpc) is 2.82. The number of carbonyl (C=O) groups is 3. The van der Waals surface area contributed by atoms with E-state index in [9.17, 15) is 41.4 Å². The van der Waals surface area contributed by atoms with Crippen molar-refractivity contribution < 1.29 is 41.4 Å². The lowest BCUT2D eigenvalue weighted by Gasteiger charge is -2.10. The van der Waals surface area contributed by atoms with E-state index < -0.39 is 43.1 Å². The van der Waals surface area contributed by atoms with Crippen LogP contribution < -0.4 is 15.5 Å². The first-order chi connectivity index (χ1) is 17.1. The van der Waals surface area contributed by atoms with Crippen LogP contribution in [0.25, 0.3) is 0 Å². The minimum atomic E-state index is -3.90. The molecule has 10 nitrogen and oxygen atoms in total. The molecule has 37 heavy (non-hydrogen) atoms. The standard InChI is InChI=1S/C13H17NO5S.C12H16O4S/c1-3-9(2)13(17)14-10-4-6-11(7-5-10)20(18,19)8-12(15)16;1-3-9(2)10-4-6-11(7-5-10)17(15,16)8-12(13)14/h4-7,9H,3,8H2,1-2H3,(H,14,17)(H,15,16);4-7,9H,3,8H2,1-2H3,(H,13,14)/p-2. The van der Waals surface area contributed by atoms with E-state index in [1.807, 2.05) is 20.8 Å². The zero-order valence-electron chi connectivity index (χ0n) is 21.1. The monoisotopic (exact) mass is 553 g/mol. The second kappa shape index (κ2) is 13.9. The van der Waals surface area contributed by atoms with E-state index >= 15 is 0 Å². The summed E-state index contributed by atoms with van der Waals surface area (Å²) in [6.07, 6.45) is 1.66. The third kappa shape index (κ3) is 10.3. The van der Waals surface area contributed by atoms with Crippen LogP contribution >= 0.6 is 0 Å². The van der Waals surface area contributed by atoms with Gasteiger partial charge in [-0.2, -0.15) is 0 Å². The van der Waals surface area contributed by atoms with Crippen LogP contribution in [0.4, 0.5) is 5.69 Å². The maximum absolute atomic E-state index is 11.7. The lowest BCUT2D eigenvalue weighted by Crippen LogP contribution is -2.30. The highest BCUT2D eigenvalue weighted by molar-refractivity contribution is 7.92. The maximum Gasteiger partial charge on any atom is 0.227 e. The lowest BCUT2D eigenvalue weighted by molar-refractivity contribution is -0.302. The number of carboxylic acids is 2. The Morgan fingerprint density at radius 2 is 1.14 bits per heavy atom. The van der Waals surface area contributed by atoms with Gasteiger partial charge in [-0.3, -0.25) is 4.79 Å². The molecule has 0 aliphatic carbocycles. The number of nitrogens with one attached hydrogen (secondary N) is 1. The molecule has 2 atom stereocenters. The molecule has 0 bridgehead atoms. The fraction of sp³-hybridized carbons (Fsp3) is 0.400. The van der Waals surface area contributed by atoms with Gasteiger partial charge >= 0.3 is 0 Å². The predicted octanol–water partition coefficient (Wildman–Crippen LogP) is 0.919. The number of anilines is 1. The molecule has 0 aliphatic heterocycles. The zero-order valence-corrected chi connectivity index (χ0v) is 22.7. The third-order valence-electron chi connectivity index (χ3n) is 5.58. The van der Waals surface area contributed by atoms with Crippen molar-refractivity contribution >= 4 is 43.2 Å². The number of sulfone groups is 2. The molecule has 0 saturated heterocycles. The van der Waals surface area contributed by atoms with Crippen molar-refractivity contribution in [2.45, 2.75) is 56.2 Å². The van der Waals surface area contributed by atoms with Gasteiger partial charge in [0.05, 0.1) is 33.2 Å². The molecule has 204 valence electrons. The Kier molecular flexibility index (Phi) is 11.9. The summed E-state index contributed by atoms with van der Waals surface area (Å²) in [5, 5.41) is 23.3. The van der Waals surface area contributed by atoms with Crippen molar-refractivity contribution in [1.82, 2.24) is 0 Å². The van der Waals surface area contributed by atoms with Crippen molar-refractivity contribution in [2.24, 2.45) is 5.92 Å². The van der Waals surface area contributed by atoms with Crippen molar-refractivity contribution in [3.63, 3.8) is 0 Å². The fourth-order valence-corrected chi connectivity index (χ4v) is 4.97. The first-order valence-electron chi connectivity index (χ1n) is 11.5. The summed E-state index contributed by atoms with van der Waals surface area (Å²) in [4.78, 5) is 32.2. The number of amides is 1. The van der Waals surface area contributed by atoms with E-state index in [2.05, 4.69) is 5.32 Å². The predicted molar refractivity (Wildman–Crippen MR) is 134 cm³/mol. The molecule has 0 aromatic heterocycles. The Bertz CT molecular complexity index is 1280. The van der Waals surface area contributed by atoms with Crippen LogP contribution in [-0.2, 0) is 34.1 Å². The molecule has 1 amide bonds. The van der Waals surface area contributed by atoms with E-state index in [0.717, 1.165) is 12.0 Å². The molecule has 0 saturated carbocycles. The van der Waals surface area contributed by atoms with Crippen molar-refractivity contribution in [3.8, 4) is 0 Å². The van der Waals surface area contributed by atoms with Crippen LogP contribution in [0.2, 0.25) is 0 Å². The van der Waals surface area contributed by atoms with Gasteiger partial charge in [-0.1, -0.05) is 39.8 Å². The van der Waals surface area contributed by atoms with Crippen LogP contribution in [-0.4, -0.2) is 46.2 Å².